The van der Waals surface area contributed by atoms with Crippen LogP contribution in [0.5, 0.6) is 0 Å². The number of halogens is 3. The summed E-state index contributed by atoms with van der Waals surface area (Å²) in [6.45, 7) is 3.24. The second-order valence-corrected chi connectivity index (χ2v) is 5.00. The summed E-state index contributed by atoms with van der Waals surface area (Å²) < 4.78 is 37.9. The van der Waals surface area contributed by atoms with Gasteiger partial charge in [-0.25, -0.2) is 0 Å². The molecule has 0 saturated heterocycles. The van der Waals surface area contributed by atoms with E-state index in [-0.39, 0.29) is 0 Å². The molecule has 1 aliphatic rings. The fourth-order valence-corrected chi connectivity index (χ4v) is 2.46. The summed E-state index contributed by atoms with van der Waals surface area (Å²) in [5.41, 5.74) is 6.77. The summed E-state index contributed by atoms with van der Waals surface area (Å²) in [6, 6.07) is 4.10. The lowest BCUT2D eigenvalue weighted by Gasteiger charge is -2.29. The molecule has 2 rings (SSSR count). The number of rotatable bonds is 4. The maximum absolute atomic E-state index is 12.6. The molecule has 5 heteroatoms. The van der Waals surface area contributed by atoms with Gasteiger partial charge < -0.3 is 5.73 Å². The number of nitrogens with two attached hydrogens (primary N) is 1. The van der Waals surface area contributed by atoms with Crippen molar-refractivity contribution >= 4 is 0 Å². The summed E-state index contributed by atoms with van der Waals surface area (Å²) in [6.07, 6.45) is -1.50. The maximum Gasteiger partial charge on any atom is 0.416 e. The van der Waals surface area contributed by atoms with Crippen LogP contribution >= 0.6 is 0 Å². The van der Waals surface area contributed by atoms with Crippen LogP contribution in [0.3, 0.4) is 0 Å². The van der Waals surface area contributed by atoms with E-state index >= 15 is 0 Å². The zero-order valence-electron chi connectivity index (χ0n) is 10.8. The second kappa shape index (κ2) is 5.92. The molecule has 0 fully saturated rings. The number of alkyl halides is 3. The van der Waals surface area contributed by atoms with Crippen molar-refractivity contribution in [2.24, 2.45) is 5.73 Å². The minimum absolute atomic E-state index is 0.539. The lowest BCUT2D eigenvalue weighted by atomic mass is 9.97. The Morgan fingerprint density at radius 3 is 2.63 bits per heavy atom. The van der Waals surface area contributed by atoms with Crippen LogP contribution in [-0.2, 0) is 19.1 Å². The third kappa shape index (κ3) is 3.70. The van der Waals surface area contributed by atoms with Gasteiger partial charge in [-0.1, -0.05) is 6.07 Å². The van der Waals surface area contributed by atoms with Crippen molar-refractivity contribution in [3.05, 3.63) is 34.9 Å². The van der Waals surface area contributed by atoms with Crippen LogP contribution < -0.4 is 5.73 Å². The highest BCUT2D eigenvalue weighted by Crippen LogP contribution is 2.32. The topological polar surface area (TPSA) is 29.3 Å². The van der Waals surface area contributed by atoms with Gasteiger partial charge in [-0.15, -0.1) is 0 Å². The predicted octanol–water partition coefficient (Wildman–Crippen LogP) is 2.80. The van der Waals surface area contributed by atoms with Gasteiger partial charge in [0.2, 0.25) is 0 Å². The Morgan fingerprint density at radius 1 is 1.16 bits per heavy atom. The molecule has 0 saturated carbocycles. The van der Waals surface area contributed by atoms with E-state index < -0.39 is 11.7 Å². The minimum atomic E-state index is -4.24. The number of unbranched alkanes of at least 4 members (excludes halogenated alkanes) is 1. The molecule has 0 radical (unpaired) electrons. The molecule has 1 aromatic rings. The fraction of sp³-hybridized carbons (Fsp3) is 0.571. The largest absolute Gasteiger partial charge is 0.416 e. The Labute approximate surface area is 111 Å². The third-order valence-electron chi connectivity index (χ3n) is 3.55. The van der Waals surface area contributed by atoms with Crippen LogP contribution in [0.15, 0.2) is 18.2 Å². The molecule has 0 bridgehead atoms. The van der Waals surface area contributed by atoms with Crippen molar-refractivity contribution in [1.29, 1.82) is 0 Å². The molecule has 2 nitrogen and oxygen atoms in total. The summed E-state index contributed by atoms with van der Waals surface area (Å²) in [5.74, 6) is 0. The molecular weight excluding hydrogens is 253 g/mol. The second-order valence-electron chi connectivity index (χ2n) is 5.00. The van der Waals surface area contributed by atoms with Gasteiger partial charge in [0.25, 0.3) is 0 Å². The highest BCUT2D eigenvalue weighted by molar-refractivity contribution is 5.35. The van der Waals surface area contributed by atoms with Gasteiger partial charge >= 0.3 is 6.18 Å². The molecule has 0 aromatic heterocycles. The van der Waals surface area contributed by atoms with E-state index in [9.17, 15) is 13.2 Å². The highest BCUT2D eigenvalue weighted by Gasteiger charge is 2.31. The van der Waals surface area contributed by atoms with Crippen LogP contribution in [-0.4, -0.2) is 24.5 Å². The van der Waals surface area contributed by atoms with E-state index in [4.69, 9.17) is 5.73 Å². The van der Waals surface area contributed by atoms with Crippen molar-refractivity contribution < 1.29 is 13.2 Å². The van der Waals surface area contributed by atoms with Crippen LogP contribution in [0, 0.1) is 0 Å². The van der Waals surface area contributed by atoms with Gasteiger partial charge in [-0.3, -0.25) is 4.90 Å². The molecule has 0 atom stereocenters. The molecule has 0 amide bonds. The van der Waals surface area contributed by atoms with E-state index in [1.54, 1.807) is 6.07 Å². The normalized spacial score (nSPS) is 16.4. The van der Waals surface area contributed by atoms with Crippen molar-refractivity contribution in [3.8, 4) is 0 Å². The van der Waals surface area contributed by atoms with E-state index in [1.165, 1.54) is 12.1 Å². The summed E-state index contributed by atoms with van der Waals surface area (Å²) in [4.78, 5) is 2.28. The van der Waals surface area contributed by atoms with Gasteiger partial charge in [-0.05, 0) is 55.6 Å². The maximum atomic E-state index is 12.6. The van der Waals surface area contributed by atoms with Gasteiger partial charge in [0.15, 0.2) is 0 Å². The molecule has 0 spiro atoms. The molecule has 0 unspecified atom stereocenters. The lowest BCUT2D eigenvalue weighted by Crippen LogP contribution is -2.31. The number of hydrogen-bond acceptors (Lipinski definition) is 2. The summed E-state index contributed by atoms with van der Waals surface area (Å²) >= 11 is 0. The number of nitrogens with zero attached hydrogens (tertiary/aromatic N) is 1. The molecule has 0 aliphatic carbocycles. The molecule has 106 valence electrons. The van der Waals surface area contributed by atoms with Gasteiger partial charge in [0.1, 0.15) is 0 Å². The van der Waals surface area contributed by atoms with Crippen molar-refractivity contribution in [1.82, 2.24) is 4.90 Å². The van der Waals surface area contributed by atoms with Crippen molar-refractivity contribution in [2.45, 2.75) is 32.0 Å². The third-order valence-corrected chi connectivity index (χ3v) is 3.55. The van der Waals surface area contributed by atoms with Crippen molar-refractivity contribution in [2.75, 3.05) is 19.6 Å². The molecule has 1 aliphatic heterocycles. The molecule has 1 heterocycles. The first-order valence-electron chi connectivity index (χ1n) is 6.62. The smallest absolute Gasteiger partial charge is 0.330 e. The van der Waals surface area contributed by atoms with E-state index in [2.05, 4.69) is 4.90 Å². The summed E-state index contributed by atoms with van der Waals surface area (Å²) in [7, 11) is 0. The minimum Gasteiger partial charge on any atom is -0.330 e. The predicted molar refractivity (Wildman–Crippen MR) is 68.7 cm³/mol. The Morgan fingerprint density at radius 2 is 1.95 bits per heavy atom. The Bertz CT molecular complexity index is 429. The Kier molecular flexibility index (Phi) is 4.47. The molecular formula is C14H19F3N2. The van der Waals surface area contributed by atoms with Crippen LogP contribution in [0.4, 0.5) is 13.2 Å². The number of benzene rings is 1. The van der Waals surface area contributed by atoms with Gasteiger partial charge in [-0.2, -0.15) is 13.2 Å². The highest BCUT2D eigenvalue weighted by atomic mass is 19.4. The molecule has 1 aromatic carbocycles. The molecule has 2 N–H and O–H groups in total. The molecule has 19 heavy (non-hydrogen) atoms. The van der Waals surface area contributed by atoms with E-state index in [0.29, 0.717) is 13.0 Å². The standard InChI is InChI=1S/C14H19F3N2/c15-14(16,17)13-4-3-12-10-19(7-2-1-6-18)8-5-11(12)9-13/h3-4,9H,1-2,5-8,10,18H2. The Balaban J connectivity index is 2.02. The quantitative estimate of drug-likeness (QED) is 0.854. The SMILES string of the molecule is NCCCCN1CCc2cc(C(F)(F)F)ccc2C1. The van der Waals surface area contributed by atoms with Gasteiger partial charge in [0, 0.05) is 13.1 Å². The zero-order valence-corrected chi connectivity index (χ0v) is 10.8. The van der Waals surface area contributed by atoms with Crippen LogP contribution in [0.1, 0.15) is 29.5 Å². The zero-order chi connectivity index (χ0) is 13.9. The first-order chi connectivity index (χ1) is 9.00. The fourth-order valence-electron chi connectivity index (χ4n) is 2.46. The summed E-state index contributed by atoms with van der Waals surface area (Å²) in [5, 5.41) is 0. The average Bonchev–Trinajstić information content (AvgIpc) is 2.37. The first-order valence-corrected chi connectivity index (χ1v) is 6.62. The van der Waals surface area contributed by atoms with Crippen molar-refractivity contribution in [3.63, 3.8) is 0 Å². The Hall–Kier alpha value is -1.07. The first kappa shape index (κ1) is 14.3. The van der Waals surface area contributed by atoms with E-state index in [1.807, 2.05) is 0 Å². The van der Waals surface area contributed by atoms with E-state index in [0.717, 1.165) is 43.6 Å². The number of hydrogen-bond donors (Lipinski definition) is 1. The monoisotopic (exact) mass is 272 g/mol. The average molecular weight is 272 g/mol. The van der Waals surface area contributed by atoms with Gasteiger partial charge in [0.05, 0.1) is 5.56 Å². The van der Waals surface area contributed by atoms with Crippen LogP contribution in [0.25, 0.3) is 0 Å². The lowest BCUT2D eigenvalue weighted by molar-refractivity contribution is -0.137. The van der Waals surface area contributed by atoms with Crippen LogP contribution in [0.2, 0.25) is 0 Å². The number of fused-ring (bicyclic) bond motifs is 1.